The summed E-state index contributed by atoms with van der Waals surface area (Å²) < 4.78 is 2.33. The predicted octanol–water partition coefficient (Wildman–Crippen LogP) is 9.50. The first kappa shape index (κ1) is 27.0. The van der Waals surface area contributed by atoms with Crippen LogP contribution in [0.1, 0.15) is 112 Å². The molecule has 0 atom stereocenters. The van der Waals surface area contributed by atoms with Crippen molar-refractivity contribution in [1.82, 2.24) is 4.98 Å². The fourth-order valence-corrected chi connectivity index (χ4v) is 5.43. The Morgan fingerprint density at radius 2 is 1.27 bits per heavy atom. The van der Waals surface area contributed by atoms with E-state index in [0.717, 1.165) is 11.2 Å². The number of fused-ring (bicyclic) bond motifs is 1. The number of rotatable bonds is 6. The Morgan fingerprint density at radius 3 is 1.81 bits per heavy atom. The summed E-state index contributed by atoms with van der Waals surface area (Å²) in [7, 11) is 2.18. The van der Waals surface area contributed by atoms with Crippen LogP contribution in [0, 0.1) is 13.8 Å². The van der Waals surface area contributed by atoms with E-state index in [1.165, 1.54) is 55.6 Å². The van der Waals surface area contributed by atoms with Crippen LogP contribution in [0.25, 0.3) is 33.4 Å². The van der Waals surface area contributed by atoms with Gasteiger partial charge in [-0.1, -0.05) is 79.7 Å². The highest BCUT2D eigenvalue weighted by atomic mass is 15.0. The molecule has 0 fully saturated rings. The lowest BCUT2D eigenvalue weighted by molar-refractivity contribution is -0.634. The first-order valence-corrected chi connectivity index (χ1v) is 14.0. The minimum atomic E-state index is 0.448. The summed E-state index contributed by atoms with van der Waals surface area (Å²) in [5, 5.41) is 0. The number of benzene rings is 3. The van der Waals surface area contributed by atoms with Gasteiger partial charge in [0.2, 0.25) is 11.2 Å². The van der Waals surface area contributed by atoms with E-state index in [2.05, 4.69) is 130 Å². The molecule has 0 aliphatic carbocycles. The van der Waals surface area contributed by atoms with Gasteiger partial charge in [-0.2, -0.15) is 4.57 Å². The Hall–Kier alpha value is -3.00. The van der Waals surface area contributed by atoms with E-state index in [4.69, 9.17) is 4.98 Å². The average Bonchev–Trinajstić information content (AvgIpc) is 2.85. The molecule has 0 aliphatic heterocycles. The lowest BCUT2D eigenvalue weighted by Crippen LogP contribution is -2.33. The van der Waals surface area contributed by atoms with Crippen LogP contribution in [0.3, 0.4) is 0 Å². The van der Waals surface area contributed by atoms with Gasteiger partial charge >= 0.3 is 0 Å². The summed E-state index contributed by atoms with van der Waals surface area (Å²) in [6, 6.07) is 16.4. The highest BCUT2D eigenvalue weighted by Crippen LogP contribution is 2.41. The molecule has 194 valence electrons. The zero-order valence-corrected chi connectivity index (χ0v) is 24.8. The first-order valence-electron chi connectivity index (χ1n) is 14.0. The van der Waals surface area contributed by atoms with Gasteiger partial charge in [0, 0.05) is 6.07 Å². The van der Waals surface area contributed by atoms with Crippen molar-refractivity contribution in [2.45, 2.75) is 92.9 Å². The van der Waals surface area contributed by atoms with Gasteiger partial charge in [-0.25, -0.2) is 4.98 Å². The van der Waals surface area contributed by atoms with Gasteiger partial charge in [-0.05, 0) is 94.2 Å². The third-order valence-electron chi connectivity index (χ3n) is 8.08. The number of aryl methyl sites for hydroxylation is 2. The van der Waals surface area contributed by atoms with Gasteiger partial charge in [-0.15, -0.1) is 0 Å². The maximum Gasteiger partial charge on any atom is 0.231 e. The molecule has 0 unspecified atom stereocenters. The first-order chi connectivity index (χ1) is 17.4. The van der Waals surface area contributed by atoms with Crippen molar-refractivity contribution in [2.24, 2.45) is 7.05 Å². The zero-order chi connectivity index (χ0) is 27.2. The van der Waals surface area contributed by atoms with Gasteiger partial charge in [0.25, 0.3) is 0 Å². The second-order valence-corrected chi connectivity index (χ2v) is 12.1. The smallest absolute Gasteiger partial charge is 0.231 e. The molecule has 0 spiro atoms. The summed E-state index contributed by atoms with van der Waals surface area (Å²) in [6.45, 7) is 22.9. The summed E-state index contributed by atoms with van der Waals surface area (Å²) in [6.07, 6.45) is 2.05. The minimum Gasteiger partial charge on any atom is -0.243 e. The van der Waals surface area contributed by atoms with Crippen molar-refractivity contribution in [3.8, 4) is 22.4 Å². The molecule has 2 heteroatoms. The van der Waals surface area contributed by atoms with Crippen LogP contribution in [0.2, 0.25) is 0 Å². The topological polar surface area (TPSA) is 16.8 Å². The Kier molecular flexibility index (Phi) is 7.60. The lowest BCUT2D eigenvalue weighted by Gasteiger charge is -2.24. The lowest BCUT2D eigenvalue weighted by atomic mass is 9.80. The molecule has 0 radical (unpaired) electrons. The molecule has 0 amide bonds. The fraction of sp³-hybridized carbons (Fsp3) is 0.429. The SMILES string of the molecule is Cc1cc(-c2c(C(C)C)cc(C(C)C)cc2C(C)C)cc(-c2cnc3ccc(C(C)C)cc3[n+]2C)c1C. The quantitative estimate of drug-likeness (QED) is 0.244. The molecule has 4 aromatic rings. The van der Waals surface area contributed by atoms with E-state index in [9.17, 15) is 0 Å². The van der Waals surface area contributed by atoms with Crippen LogP contribution in [-0.4, -0.2) is 4.98 Å². The average molecular weight is 494 g/mol. The molecule has 0 aliphatic rings. The van der Waals surface area contributed by atoms with E-state index >= 15 is 0 Å². The molecule has 2 nitrogen and oxygen atoms in total. The van der Waals surface area contributed by atoms with Crippen molar-refractivity contribution in [3.05, 3.63) is 82.0 Å². The van der Waals surface area contributed by atoms with Gasteiger partial charge < -0.3 is 0 Å². The number of hydrogen-bond acceptors (Lipinski definition) is 1. The molecule has 1 heterocycles. The summed E-state index contributed by atoms with van der Waals surface area (Å²) in [5.41, 5.74) is 15.7. The molecular weight excluding hydrogens is 448 g/mol. The maximum absolute atomic E-state index is 4.89. The van der Waals surface area contributed by atoms with Crippen LogP contribution >= 0.6 is 0 Å². The van der Waals surface area contributed by atoms with Crippen molar-refractivity contribution < 1.29 is 4.57 Å². The highest BCUT2D eigenvalue weighted by molar-refractivity contribution is 5.80. The van der Waals surface area contributed by atoms with Crippen molar-refractivity contribution in [3.63, 3.8) is 0 Å². The third kappa shape index (κ3) is 5.08. The van der Waals surface area contributed by atoms with E-state index < -0.39 is 0 Å². The van der Waals surface area contributed by atoms with E-state index in [1.807, 2.05) is 0 Å². The maximum atomic E-state index is 4.89. The van der Waals surface area contributed by atoms with Gasteiger partial charge in [0.1, 0.15) is 18.8 Å². The molecule has 4 rings (SSSR count). The second-order valence-electron chi connectivity index (χ2n) is 12.1. The van der Waals surface area contributed by atoms with Crippen LogP contribution in [0.4, 0.5) is 0 Å². The van der Waals surface area contributed by atoms with Crippen LogP contribution in [-0.2, 0) is 7.05 Å². The van der Waals surface area contributed by atoms with Gasteiger partial charge in [-0.3, -0.25) is 0 Å². The van der Waals surface area contributed by atoms with E-state index in [0.29, 0.717) is 23.7 Å². The molecule has 0 N–H and O–H groups in total. The van der Waals surface area contributed by atoms with E-state index in [-0.39, 0.29) is 0 Å². The summed E-state index contributed by atoms with van der Waals surface area (Å²) in [5.74, 6) is 1.89. The Labute approximate surface area is 224 Å². The van der Waals surface area contributed by atoms with Crippen LogP contribution < -0.4 is 4.57 Å². The normalized spacial score (nSPS) is 12.1. The van der Waals surface area contributed by atoms with Crippen molar-refractivity contribution >= 4 is 11.0 Å². The highest BCUT2D eigenvalue weighted by Gasteiger charge is 2.23. The Balaban J connectivity index is 2.02. The monoisotopic (exact) mass is 493 g/mol. The molecule has 0 saturated heterocycles. The van der Waals surface area contributed by atoms with Crippen LogP contribution in [0.15, 0.2) is 48.7 Å². The molecule has 0 bridgehead atoms. The molecule has 1 aromatic heterocycles. The Morgan fingerprint density at radius 1 is 0.676 bits per heavy atom. The number of aromatic nitrogens is 2. The summed E-state index contributed by atoms with van der Waals surface area (Å²) in [4.78, 5) is 4.89. The molecule has 37 heavy (non-hydrogen) atoms. The van der Waals surface area contributed by atoms with Crippen molar-refractivity contribution in [2.75, 3.05) is 0 Å². The second kappa shape index (κ2) is 10.4. The van der Waals surface area contributed by atoms with Crippen molar-refractivity contribution in [1.29, 1.82) is 0 Å². The molecule has 0 saturated carbocycles. The predicted molar refractivity (Wildman–Crippen MR) is 160 cm³/mol. The zero-order valence-electron chi connectivity index (χ0n) is 24.8. The third-order valence-corrected chi connectivity index (χ3v) is 8.08. The van der Waals surface area contributed by atoms with Crippen LogP contribution in [0.5, 0.6) is 0 Å². The minimum absolute atomic E-state index is 0.448. The van der Waals surface area contributed by atoms with Gasteiger partial charge in [0.05, 0.1) is 5.56 Å². The number of nitrogens with zero attached hydrogens (tertiary/aromatic N) is 2. The number of hydrogen-bond donors (Lipinski definition) is 0. The molecule has 3 aromatic carbocycles. The summed E-state index contributed by atoms with van der Waals surface area (Å²) >= 11 is 0. The standard InChI is InChI=1S/C35H45N2/c1-20(2)26-12-13-32-33(18-26)37(11)34(19-36-32)31-17-28(14-24(9)25(31)10)35-29(22(5)6)15-27(21(3)4)16-30(35)23(7)8/h12-23H,1-11H3/q+1. The largest absolute Gasteiger partial charge is 0.243 e. The van der Waals surface area contributed by atoms with Gasteiger partial charge in [0.15, 0.2) is 0 Å². The van der Waals surface area contributed by atoms with E-state index in [1.54, 1.807) is 0 Å². The molecular formula is C35H45N2+. The Bertz CT molecular complexity index is 1430. The fourth-order valence-electron chi connectivity index (χ4n) is 5.43.